The Morgan fingerprint density at radius 1 is 1.55 bits per heavy atom. The number of carbonyl (C=O) groups is 1. The van der Waals surface area contributed by atoms with Crippen molar-refractivity contribution in [3.8, 4) is 0 Å². The fourth-order valence-corrected chi connectivity index (χ4v) is 1.26. The lowest BCUT2D eigenvalue weighted by atomic mass is 10.5. The molecule has 1 amide bonds. The molecular weight excluding hydrogens is 194 g/mol. The predicted molar refractivity (Wildman–Crippen MR) is 40.3 cm³/mol. The van der Waals surface area contributed by atoms with Crippen molar-refractivity contribution in [1.29, 1.82) is 0 Å². The van der Waals surface area contributed by atoms with Crippen LogP contribution in [0.4, 0.5) is 4.79 Å². The minimum absolute atomic E-state index is 0.0985. The van der Waals surface area contributed by atoms with E-state index in [1.54, 1.807) is 0 Å². The largest absolute Gasteiger partial charge is 0.465 e. The van der Waals surface area contributed by atoms with Gasteiger partial charge in [-0.3, -0.25) is 0 Å². The summed E-state index contributed by atoms with van der Waals surface area (Å²) in [6.07, 6.45) is -0.977. The van der Waals surface area contributed by atoms with Crippen LogP contribution in [0.1, 0.15) is 6.42 Å². The quantitative estimate of drug-likeness (QED) is 0.503. The van der Waals surface area contributed by atoms with E-state index < -0.39 is 15.1 Å². The van der Waals surface area contributed by atoms with E-state index in [1.165, 1.54) is 0 Å². The van der Waals surface area contributed by atoms with Gasteiger partial charge in [0.1, 0.15) is 0 Å². The number of carboxylic acid groups (broad SMARTS) is 1. The molecule has 2 N–H and O–H groups in total. The van der Waals surface area contributed by atoms with Crippen molar-refractivity contribution in [2.75, 3.05) is 12.3 Å². The number of nitrogens with one attached hydrogen (secondary N) is 1. The molecular formula is C4H8ClNO4S. The van der Waals surface area contributed by atoms with Gasteiger partial charge in [0.15, 0.2) is 0 Å². The van der Waals surface area contributed by atoms with Crippen molar-refractivity contribution in [2.45, 2.75) is 6.42 Å². The average Bonchev–Trinajstić information content (AvgIpc) is 1.78. The molecule has 0 unspecified atom stereocenters. The molecule has 66 valence electrons. The third kappa shape index (κ3) is 9.51. The Labute approximate surface area is 68.8 Å². The highest BCUT2D eigenvalue weighted by molar-refractivity contribution is 8.13. The summed E-state index contributed by atoms with van der Waals surface area (Å²) < 4.78 is 20.5. The van der Waals surface area contributed by atoms with E-state index in [0.717, 1.165) is 0 Å². The molecule has 7 heteroatoms. The maximum Gasteiger partial charge on any atom is 0.404 e. The van der Waals surface area contributed by atoms with E-state index in [4.69, 9.17) is 15.8 Å². The highest BCUT2D eigenvalue weighted by Gasteiger charge is 2.04. The number of rotatable bonds is 4. The summed E-state index contributed by atoms with van der Waals surface area (Å²) >= 11 is 0. The summed E-state index contributed by atoms with van der Waals surface area (Å²) in [5, 5.41) is 10.1. The first-order chi connectivity index (χ1) is 4.92. The molecule has 0 aromatic carbocycles. The second-order valence-electron chi connectivity index (χ2n) is 1.83. The number of halogens is 1. The summed E-state index contributed by atoms with van der Waals surface area (Å²) in [5.41, 5.74) is 0. The normalized spacial score (nSPS) is 11.0. The van der Waals surface area contributed by atoms with E-state index in [9.17, 15) is 13.2 Å². The molecule has 0 aliphatic rings. The zero-order chi connectivity index (χ0) is 8.91. The fourth-order valence-electron chi connectivity index (χ4n) is 0.440. The molecule has 0 spiro atoms. The van der Waals surface area contributed by atoms with Crippen LogP contribution in [0.2, 0.25) is 0 Å². The van der Waals surface area contributed by atoms with Crippen molar-refractivity contribution in [3.63, 3.8) is 0 Å². The first kappa shape index (κ1) is 10.5. The van der Waals surface area contributed by atoms with Crippen LogP contribution in [0.3, 0.4) is 0 Å². The van der Waals surface area contributed by atoms with Gasteiger partial charge in [0, 0.05) is 17.2 Å². The van der Waals surface area contributed by atoms with Gasteiger partial charge in [-0.1, -0.05) is 0 Å². The summed E-state index contributed by atoms with van der Waals surface area (Å²) in [6, 6.07) is 0. The topological polar surface area (TPSA) is 83.5 Å². The molecule has 0 radical (unpaired) electrons. The Kier molecular flexibility index (Phi) is 4.20. The van der Waals surface area contributed by atoms with Gasteiger partial charge in [-0.15, -0.1) is 0 Å². The van der Waals surface area contributed by atoms with E-state index in [-0.39, 0.29) is 18.7 Å². The summed E-state index contributed by atoms with van der Waals surface area (Å²) in [7, 11) is 1.36. The first-order valence-corrected chi connectivity index (χ1v) is 5.29. The molecule has 0 saturated heterocycles. The monoisotopic (exact) mass is 201 g/mol. The van der Waals surface area contributed by atoms with Crippen LogP contribution in [0, 0.1) is 0 Å². The van der Waals surface area contributed by atoms with Crippen molar-refractivity contribution in [1.82, 2.24) is 5.32 Å². The lowest BCUT2D eigenvalue weighted by Gasteiger charge is -1.97. The van der Waals surface area contributed by atoms with Gasteiger partial charge in [0.2, 0.25) is 9.05 Å². The third-order valence-electron chi connectivity index (χ3n) is 0.841. The van der Waals surface area contributed by atoms with Gasteiger partial charge in [-0.05, 0) is 6.42 Å². The van der Waals surface area contributed by atoms with E-state index in [1.807, 2.05) is 5.32 Å². The van der Waals surface area contributed by atoms with Crippen LogP contribution in [0.15, 0.2) is 0 Å². The molecule has 0 aliphatic carbocycles. The van der Waals surface area contributed by atoms with Gasteiger partial charge in [0.05, 0.1) is 5.75 Å². The van der Waals surface area contributed by atoms with Crippen LogP contribution in [-0.4, -0.2) is 31.9 Å². The van der Waals surface area contributed by atoms with Crippen LogP contribution in [0.5, 0.6) is 0 Å². The maximum atomic E-state index is 10.3. The minimum atomic E-state index is -3.48. The minimum Gasteiger partial charge on any atom is -0.465 e. The zero-order valence-corrected chi connectivity index (χ0v) is 7.15. The molecule has 0 atom stereocenters. The van der Waals surface area contributed by atoms with E-state index >= 15 is 0 Å². The zero-order valence-electron chi connectivity index (χ0n) is 5.58. The summed E-state index contributed by atoms with van der Waals surface area (Å²) in [4.78, 5) is 9.83. The van der Waals surface area contributed by atoms with Crippen LogP contribution in [0.25, 0.3) is 0 Å². The standard InChI is InChI=1S/C4H8ClNO4S/c5-11(9,10)3-1-2-6-4(7)8/h6H,1-3H2,(H,7,8). The van der Waals surface area contributed by atoms with Crippen molar-refractivity contribution < 1.29 is 18.3 Å². The van der Waals surface area contributed by atoms with Crippen LogP contribution >= 0.6 is 10.7 Å². The summed E-state index contributed by atoms with van der Waals surface area (Å²) in [5.74, 6) is -0.213. The molecule has 11 heavy (non-hydrogen) atoms. The highest BCUT2D eigenvalue weighted by atomic mass is 35.7. The lowest BCUT2D eigenvalue weighted by Crippen LogP contribution is -2.23. The average molecular weight is 202 g/mol. The molecule has 0 heterocycles. The Morgan fingerprint density at radius 2 is 2.09 bits per heavy atom. The Hall–Kier alpha value is -0.490. The molecule has 5 nitrogen and oxygen atoms in total. The SMILES string of the molecule is O=C(O)NCCCS(=O)(=O)Cl. The molecule has 0 bridgehead atoms. The van der Waals surface area contributed by atoms with Gasteiger partial charge in [-0.25, -0.2) is 13.2 Å². The second kappa shape index (κ2) is 4.40. The van der Waals surface area contributed by atoms with Crippen LogP contribution in [-0.2, 0) is 9.05 Å². The molecule has 0 saturated carbocycles. The van der Waals surface area contributed by atoms with Gasteiger partial charge < -0.3 is 10.4 Å². The predicted octanol–water partition coefficient (Wildman–Crippen LogP) is 0.213. The molecule has 0 aromatic heterocycles. The Morgan fingerprint density at radius 3 is 2.45 bits per heavy atom. The molecule has 0 rings (SSSR count). The first-order valence-electron chi connectivity index (χ1n) is 2.81. The molecule has 0 fully saturated rings. The van der Waals surface area contributed by atoms with Gasteiger partial charge >= 0.3 is 6.09 Å². The summed E-state index contributed by atoms with van der Waals surface area (Å²) in [6.45, 7) is 0.0985. The number of amides is 1. The Bertz CT molecular complexity index is 224. The second-order valence-corrected chi connectivity index (χ2v) is 4.72. The smallest absolute Gasteiger partial charge is 0.404 e. The van der Waals surface area contributed by atoms with E-state index in [0.29, 0.717) is 0 Å². The fraction of sp³-hybridized carbons (Fsp3) is 0.750. The van der Waals surface area contributed by atoms with Crippen molar-refractivity contribution in [3.05, 3.63) is 0 Å². The van der Waals surface area contributed by atoms with Gasteiger partial charge in [0.25, 0.3) is 0 Å². The number of hydrogen-bond donors (Lipinski definition) is 2. The van der Waals surface area contributed by atoms with Crippen molar-refractivity contribution >= 4 is 25.8 Å². The number of hydrogen-bond acceptors (Lipinski definition) is 3. The highest BCUT2D eigenvalue weighted by Crippen LogP contribution is 1.97. The lowest BCUT2D eigenvalue weighted by molar-refractivity contribution is 0.194. The van der Waals surface area contributed by atoms with Crippen LogP contribution < -0.4 is 5.32 Å². The van der Waals surface area contributed by atoms with E-state index in [2.05, 4.69) is 0 Å². The van der Waals surface area contributed by atoms with Gasteiger partial charge in [-0.2, -0.15) is 0 Å². The maximum absolute atomic E-state index is 10.3. The molecule has 0 aliphatic heterocycles. The molecule has 0 aromatic rings. The van der Waals surface area contributed by atoms with Crippen molar-refractivity contribution in [2.24, 2.45) is 0 Å². The third-order valence-corrected chi connectivity index (χ3v) is 2.08. The Balaban J connectivity index is 3.37.